The Morgan fingerprint density at radius 3 is 2.58 bits per heavy atom. The van der Waals surface area contributed by atoms with Crippen molar-refractivity contribution < 1.29 is 19.4 Å². The number of nitrogens with one attached hydrogen (secondary N) is 1. The Bertz CT molecular complexity index is 325. The number of amides is 1. The molecular weight excluding hydrogens is 246 g/mol. The summed E-state index contributed by atoms with van der Waals surface area (Å²) >= 11 is 0. The van der Waals surface area contributed by atoms with E-state index in [4.69, 9.17) is 9.84 Å². The van der Waals surface area contributed by atoms with Gasteiger partial charge in [-0.2, -0.15) is 0 Å². The molecular formula is C14H23NO4. The van der Waals surface area contributed by atoms with E-state index in [1.807, 2.05) is 0 Å². The third-order valence-corrected chi connectivity index (χ3v) is 4.25. The highest BCUT2D eigenvalue weighted by atomic mass is 16.5. The third kappa shape index (κ3) is 4.20. The topological polar surface area (TPSA) is 75.6 Å². The van der Waals surface area contributed by atoms with E-state index in [2.05, 4.69) is 5.32 Å². The molecule has 0 bridgehead atoms. The number of carbonyl (C=O) groups excluding carboxylic acids is 1. The third-order valence-electron chi connectivity index (χ3n) is 4.25. The number of rotatable bonds is 5. The van der Waals surface area contributed by atoms with Gasteiger partial charge in [-0.1, -0.05) is 32.1 Å². The van der Waals surface area contributed by atoms with Gasteiger partial charge in [-0.25, -0.2) is 0 Å². The average molecular weight is 269 g/mol. The lowest BCUT2D eigenvalue weighted by atomic mass is 9.86. The number of ether oxygens (including phenoxy) is 1. The fraction of sp³-hybridized carbons (Fsp3) is 0.857. The normalized spacial score (nSPS) is 28.2. The van der Waals surface area contributed by atoms with Gasteiger partial charge in [0.15, 0.2) is 0 Å². The van der Waals surface area contributed by atoms with Crippen LogP contribution in [0.4, 0.5) is 0 Å². The molecule has 2 aliphatic rings. The zero-order chi connectivity index (χ0) is 13.7. The number of aliphatic carboxylic acids is 1. The summed E-state index contributed by atoms with van der Waals surface area (Å²) in [6.07, 6.45) is 7.79. The van der Waals surface area contributed by atoms with Gasteiger partial charge in [0.05, 0.1) is 19.3 Å². The van der Waals surface area contributed by atoms with Crippen LogP contribution in [0.2, 0.25) is 0 Å². The van der Waals surface area contributed by atoms with Crippen LogP contribution in [0.5, 0.6) is 0 Å². The zero-order valence-electron chi connectivity index (χ0n) is 11.3. The fourth-order valence-electron chi connectivity index (χ4n) is 3.03. The van der Waals surface area contributed by atoms with Gasteiger partial charge in [0.25, 0.3) is 0 Å². The Balaban J connectivity index is 1.70. The van der Waals surface area contributed by atoms with E-state index in [9.17, 15) is 9.59 Å². The molecule has 1 amide bonds. The number of carboxylic acids is 1. The van der Waals surface area contributed by atoms with Crippen molar-refractivity contribution in [3.63, 3.8) is 0 Å². The lowest BCUT2D eigenvalue weighted by Crippen LogP contribution is -2.42. The predicted octanol–water partition coefficient (Wildman–Crippen LogP) is 1.56. The molecule has 1 aliphatic heterocycles. The predicted molar refractivity (Wildman–Crippen MR) is 69.7 cm³/mol. The summed E-state index contributed by atoms with van der Waals surface area (Å²) in [7, 11) is 0. The van der Waals surface area contributed by atoms with Crippen LogP contribution in [0.25, 0.3) is 0 Å². The maximum absolute atomic E-state index is 11.9. The molecule has 0 spiro atoms. The molecule has 0 radical (unpaired) electrons. The summed E-state index contributed by atoms with van der Waals surface area (Å²) in [5.41, 5.74) is 0. The first-order valence-electron chi connectivity index (χ1n) is 7.26. The second-order valence-corrected chi connectivity index (χ2v) is 5.70. The summed E-state index contributed by atoms with van der Waals surface area (Å²) in [5, 5.41) is 11.8. The number of hydrogen-bond donors (Lipinski definition) is 2. The van der Waals surface area contributed by atoms with Crippen LogP contribution in [0, 0.1) is 11.8 Å². The minimum absolute atomic E-state index is 0.0349. The quantitative estimate of drug-likeness (QED) is 0.794. The monoisotopic (exact) mass is 269 g/mol. The standard InChI is InChI=1S/C14H23NO4/c16-13(7-6-10-4-2-1-3-5-10)15-12-9-19-8-11(12)14(17)18/h10-12H,1-9H2,(H,15,16)(H,17,18). The van der Waals surface area contributed by atoms with Crippen molar-refractivity contribution in [2.45, 2.75) is 51.0 Å². The van der Waals surface area contributed by atoms with Crippen molar-refractivity contribution in [2.24, 2.45) is 11.8 Å². The Morgan fingerprint density at radius 1 is 1.16 bits per heavy atom. The summed E-state index contributed by atoms with van der Waals surface area (Å²) in [6, 6.07) is -0.364. The first-order valence-corrected chi connectivity index (χ1v) is 7.26. The molecule has 0 aromatic carbocycles. The van der Waals surface area contributed by atoms with Gasteiger partial charge in [0, 0.05) is 6.42 Å². The zero-order valence-corrected chi connectivity index (χ0v) is 11.3. The first-order chi connectivity index (χ1) is 9.16. The second kappa shape index (κ2) is 6.89. The van der Waals surface area contributed by atoms with E-state index < -0.39 is 11.9 Å². The molecule has 0 aromatic rings. The Morgan fingerprint density at radius 2 is 1.89 bits per heavy atom. The Kier molecular flexibility index (Phi) is 5.19. The smallest absolute Gasteiger partial charge is 0.311 e. The molecule has 2 unspecified atom stereocenters. The number of carbonyl (C=O) groups is 2. The van der Waals surface area contributed by atoms with Crippen molar-refractivity contribution in [3.05, 3.63) is 0 Å². The highest BCUT2D eigenvalue weighted by Crippen LogP contribution is 2.27. The van der Waals surface area contributed by atoms with E-state index >= 15 is 0 Å². The molecule has 5 heteroatoms. The van der Waals surface area contributed by atoms with Crippen molar-refractivity contribution in [1.82, 2.24) is 5.32 Å². The molecule has 1 saturated heterocycles. The summed E-state index contributed by atoms with van der Waals surface area (Å²) in [6.45, 7) is 0.509. The molecule has 108 valence electrons. The lowest BCUT2D eigenvalue weighted by Gasteiger charge is -2.22. The maximum Gasteiger partial charge on any atom is 0.311 e. The van der Waals surface area contributed by atoms with Gasteiger partial charge in [0.2, 0.25) is 5.91 Å². The molecule has 5 nitrogen and oxygen atoms in total. The van der Waals surface area contributed by atoms with E-state index in [1.165, 1.54) is 32.1 Å². The van der Waals surface area contributed by atoms with Gasteiger partial charge in [-0.05, 0) is 12.3 Å². The summed E-state index contributed by atoms with van der Waals surface area (Å²) in [5.74, 6) is -0.851. The van der Waals surface area contributed by atoms with Gasteiger partial charge >= 0.3 is 5.97 Å². The van der Waals surface area contributed by atoms with Crippen molar-refractivity contribution >= 4 is 11.9 Å². The van der Waals surface area contributed by atoms with E-state index in [0.717, 1.165) is 6.42 Å². The SMILES string of the molecule is O=C(CCC1CCCCC1)NC1COCC1C(=O)O. The lowest BCUT2D eigenvalue weighted by molar-refractivity contribution is -0.142. The van der Waals surface area contributed by atoms with Crippen LogP contribution >= 0.6 is 0 Å². The molecule has 0 aromatic heterocycles. The van der Waals surface area contributed by atoms with Crippen LogP contribution in [0.15, 0.2) is 0 Å². The van der Waals surface area contributed by atoms with Crippen LogP contribution in [0.1, 0.15) is 44.9 Å². The Labute approximate surface area is 113 Å². The molecule has 1 aliphatic carbocycles. The van der Waals surface area contributed by atoms with Crippen LogP contribution in [0.3, 0.4) is 0 Å². The van der Waals surface area contributed by atoms with E-state index in [-0.39, 0.29) is 18.6 Å². The maximum atomic E-state index is 11.9. The molecule has 1 heterocycles. The van der Waals surface area contributed by atoms with Gasteiger partial charge < -0.3 is 15.2 Å². The van der Waals surface area contributed by atoms with Crippen LogP contribution in [-0.2, 0) is 14.3 Å². The summed E-state index contributed by atoms with van der Waals surface area (Å²) in [4.78, 5) is 22.8. The minimum Gasteiger partial charge on any atom is -0.481 e. The number of hydrogen-bond acceptors (Lipinski definition) is 3. The van der Waals surface area contributed by atoms with Gasteiger partial charge in [-0.15, -0.1) is 0 Å². The van der Waals surface area contributed by atoms with Crippen LogP contribution in [-0.4, -0.2) is 36.2 Å². The minimum atomic E-state index is -0.893. The number of carboxylic acid groups (broad SMARTS) is 1. The van der Waals surface area contributed by atoms with Crippen molar-refractivity contribution in [2.75, 3.05) is 13.2 Å². The fourth-order valence-corrected chi connectivity index (χ4v) is 3.03. The average Bonchev–Trinajstić information content (AvgIpc) is 2.86. The molecule has 19 heavy (non-hydrogen) atoms. The Hall–Kier alpha value is -1.10. The van der Waals surface area contributed by atoms with Crippen molar-refractivity contribution in [3.8, 4) is 0 Å². The summed E-state index contributed by atoms with van der Waals surface area (Å²) < 4.78 is 5.13. The second-order valence-electron chi connectivity index (χ2n) is 5.70. The molecule has 2 atom stereocenters. The van der Waals surface area contributed by atoms with E-state index in [1.54, 1.807) is 0 Å². The highest BCUT2D eigenvalue weighted by molar-refractivity contribution is 5.78. The molecule has 2 fully saturated rings. The van der Waals surface area contributed by atoms with Gasteiger partial charge in [0.1, 0.15) is 5.92 Å². The largest absolute Gasteiger partial charge is 0.481 e. The molecule has 2 rings (SSSR count). The van der Waals surface area contributed by atoms with Gasteiger partial charge in [-0.3, -0.25) is 9.59 Å². The van der Waals surface area contributed by atoms with E-state index in [0.29, 0.717) is 18.9 Å². The molecule has 2 N–H and O–H groups in total. The van der Waals surface area contributed by atoms with Crippen LogP contribution < -0.4 is 5.32 Å². The highest BCUT2D eigenvalue weighted by Gasteiger charge is 2.34. The van der Waals surface area contributed by atoms with Crippen molar-refractivity contribution in [1.29, 1.82) is 0 Å². The first kappa shape index (κ1) is 14.3. The molecule has 1 saturated carbocycles.